The van der Waals surface area contributed by atoms with Crippen LogP contribution in [0, 0.1) is 0 Å². The van der Waals surface area contributed by atoms with Gasteiger partial charge in [-0.05, 0) is 5.56 Å². The van der Waals surface area contributed by atoms with Crippen molar-refractivity contribution in [3.05, 3.63) is 35.9 Å². The van der Waals surface area contributed by atoms with Crippen LogP contribution in [-0.2, 0) is 10.2 Å². The third kappa shape index (κ3) is 3.31. The van der Waals surface area contributed by atoms with Crippen molar-refractivity contribution in [2.75, 3.05) is 32.4 Å². The van der Waals surface area contributed by atoms with Crippen molar-refractivity contribution in [2.24, 2.45) is 0 Å². The van der Waals surface area contributed by atoms with Crippen LogP contribution in [-0.4, -0.2) is 49.5 Å². The first kappa shape index (κ1) is 14.8. The molecule has 1 aromatic rings. The van der Waals surface area contributed by atoms with Gasteiger partial charge in [0.1, 0.15) is 0 Å². The summed E-state index contributed by atoms with van der Waals surface area (Å²) in [5, 5.41) is 0.231. The normalized spacial score (nSPS) is 21.7. The molecule has 2 rings (SSSR count). The van der Waals surface area contributed by atoms with Gasteiger partial charge in [-0.15, -0.1) is 0 Å². The zero-order valence-electron chi connectivity index (χ0n) is 11.3. The first-order chi connectivity index (χ1) is 9.05. The quantitative estimate of drug-likeness (QED) is 0.853. The molecule has 1 aliphatic heterocycles. The minimum absolute atomic E-state index is 0.231. The summed E-state index contributed by atoms with van der Waals surface area (Å²) in [6, 6.07) is 10.1. The number of rotatable bonds is 4. The third-order valence-electron chi connectivity index (χ3n) is 3.37. The predicted molar refractivity (Wildman–Crippen MR) is 80.4 cm³/mol. The molecule has 0 saturated carbocycles. The molecule has 6 heteroatoms. The minimum Gasteiger partial charge on any atom is -0.195 e. The molecule has 1 fully saturated rings. The summed E-state index contributed by atoms with van der Waals surface area (Å²) in [4.78, 5) is 0. The molecule has 1 aromatic carbocycles. The molecular weight excluding hydrogens is 280 g/mol. The van der Waals surface area contributed by atoms with E-state index in [0.717, 1.165) is 5.75 Å². The maximum Gasteiger partial charge on any atom is 0.281 e. The lowest BCUT2D eigenvalue weighted by molar-refractivity contribution is 0.370. The van der Waals surface area contributed by atoms with E-state index in [0.29, 0.717) is 19.6 Å². The van der Waals surface area contributed by atoms with Crippen LogP contribution >= 0.6 is 11.8 Å². The molecule has 1 unspecified atom stereocenters. The number of nitrogens with zero attached hydrogens (tertiary/aromatic N) is 2. The predicted octanol–water partition coefficient (Wildman–Crippen LogP) is 1.97. The number of thioether (sulfide) groups is 1. The van der Waals surface area contributed by atoms with E-state index in [2.05, 4.69) is 12.1 Å². The fourth-order valence-electron chi connectivity index (χ4n) is 2.06. The lowest BCUT2D eigenvalue weighted by Crippen LogP contribution is -2.46. The summed E-state index contributed by atoms with van der Waals surface area (Å²) >= 11 is 1.83. The Labute approximate surface area is 120 Å². The van der Waals surface area contributed by atoms with Gasteiger partial charge in [0.2, 0.25) is 0 Å². The van der Waals surface area contributed by atoms with Crippen molar-refractivity contribution in [1.82, 2.24) is 8.61 Å². The number of benzene rings is 1. The maximum absolute atomic E-state index is 12.3. The highest BCUT2D eigenvalue weighted by Gasteiger charge is 2.32. The highest BCUT2D eigenvalue weighted by molar-refractivity contribution is 7.99. The van der Waals surface area contributed by atoms with Crippen LogP contribution in [0.5, 0.6) is 0 Å². The number of hydrogen-bond donors (Lipinski definition) is 0. The van der Waals surface area contributed by atoms with Crippen LogP contribution < -0.4 is 0 Å². The molecule has 1 atom stereocenters. The van der Waals surface area contributed by atoms with Gasteiger partial charge >= 0.3 is 0 Å². The van der Waals surface area contributed by atoms with Crippen molar-refractivity contribution < 1.29 is 8.42 Å². The first-order valence-corrected chi connectivity index (χ1v) is 8.88. The molecule has 0 aromatic heterocycles. The van der Waals surface area contributed by atoms with Crippen LogP contribution in [0.15, 0.2) is 30.3 Å². The van der Waals surface area contributed by atoms with E-state index in [1.165, 1.54) is 9.87 Å². The van der Waals surface area contributed by atoms with Crippen LogP contribution in [0.3, 0.4) is 0 Å². The second kappa shape index (κ2) is 6.26. The lowest BCUT2D eigenvalue weighted by Gasteiger charge is -2.34. The maximum atomic E-state index is 12.3. The summed E-state index contributed by atoms with van der Waals surface area (Å²) in [6.07, 6.45) is 0. The summed E-state index contributed by atoms with van der Waals surface area (Å²) in [5.74, 6) is 0.844. The Morgan fingerprint density at radius 1 is 1.37 bits per heavy atom. The molecule has 1 saturated heterocycles. The largest absolute Gasteiger partial charge is 0.281 e. The Kier molecular flexibility index (Phi) is 4.89. The van der Waals surface area contributed by atoms with Gasteiger partial charge in [-0.1, -0.05) is 37.3 Å². The van der Waals surface area contributed by atoms with Crippen molar-refractivity contribution >= 4 is 22.0 Å². The lowest BCUT2D eigenvalue weighted by atomic mass is 10.1. The van der Waals surface area contributed by atoms with Crippen LogP contribution in [0.2, 0.25) is 0 Å². The monoisotopic (exact) mass is 300 g/mol. The van der Waals surface area contributed by atoms with Crippen molar-refractivity contribution in [1.29, 1.82) is 0 Å². The summed E-state index contributed by atoms with van der Waals surface area (Å²) in [5.41, 5.74) is 1.20. The standard InChI is InChI=1S/C13H20N2O2S2/c1-3-14(2)19(16,17)15-9-10-18-13(11-15)12-7-5-4-6-8-12/h4-8,13H,3,9-11H2,1-2H3. The Hall–Kier alpha value is -0.560. The van der Waals surface area contributed by atoms with E-state index in [1.807, 2.05) is 36.9 Å². The van der Waals surface area contributed by atoms with E-state index in [4.69, 9.17) is 0 Å². The van der Waals surface area contributed by atoms with Gasteiger partial charge in [-0.2, -0.15) is 28.8 Å². The highest BCUT2D eigenvalue weighted by Crippen LogP contribution is 2.34. The zero-order chi connectivity index (χ0) is 13.9. The summed E-state index contributed by atoms with van der Waals surface area (Å²) in [7, 11) is -1.67. The molecule has 19 heavy (non-hydrogen) atoms. The van der Waals surface area contributed by atoms with Gasteiger partial charge in [0.15, 0.2) is 0 Å². The molecule has 1 heterocycles. The summed E-state index contributed by atoms with van der Waals surface area (Å²) < 4.78 is 27.7. The first-order valence-electron chi connectivity index (χ1n) is 6.43. The average Bonchev–Trinajstić information content (AvgIpc) is 2.47. The topological polar surface area (TPSA) is 40.6 Å². The Balaban J connectivity index is 2.14. The second-order valence-electron chi connectivity index (χ2n) is 4.55. The highest BCUT2D eigenvalue weighted by atomic mass is 32.2. The molecule has 0 N–H and O–H groups in total. The average molecular weight is 300 g/mol. The van der Waals surface area contributed by atoms with E-state index in [-0.39, 0.29) is 5.25 Å². The molecule has 4 nitrogen and oxygen atoms in total. The van der Waals surface area contributed by atoms with Crippen LogP contribution in [0.4, 0.5) is 0 Å². The van der Waals surface area contributed by atoms with E-state index in [1.54, 1.807) is 11.4 Å². The fourth-order valence-corrected chi connectivity index (χ4v) is 4.90. The summed E-state index contributed by atoms with van der Waals surface area (Å²) in [6.45, 7) is 3.51. The molecule has 1 aliphatic rings. The molecule has 106 valence electrons. The van der Waals surface area contributed by atoms with Crippen molar-refractivity contribution in [2.45, 2.75) is 12.2 Å². The van der Waals surface area contributed by atoms with E-state index >= 15 is 0 Å². The van der Waals surface area contributed by atoms with Gasteiger partial charge in [-0.3, -0.25) is 0 Å². The van der Waals surface area contributed by atoms with Gasteiger partial charge in [0.25, 0.3) is 10.2 Å². The Morgan fingerprint density at radius 3 is 2.68 bits per heavy atom. The second-order valence-corrected chi connectivity index (χ2v) is 7.90. The van der Waals surface area contributed by atoms with Gasteiger partial charge in [0, 0.05) is 37.7 Å². The van der Waals surface area contributed by atoms with E-state index < -0.39 is 10.2 Å². The van der Waals surface area contributed by atoms with Gasteiger partial charge in [-0.25, -0.2) is 0 Å². The Bertz CT molecular complexity index is 505. The number of hydrogen-bond acceptors (Lipinski definition) is 3. The minimum atomic E-state index is -3.30. The molecule has 0 radical (unpaired) electrons. The molecule has 0 amide bonds. The van der Waals surface area contributed by atoms with Crippen LogP contribution in [0.1, 0.15) is 17.7 Å². The van der Waals surface area contributed by atoms with Crippen molar-refractivity contribution in [3.63, 3.8) is 0 Å². The van der Waals surface area contributed by atoms with E-state index in [9.17, 15) is 8.42 Å². The van der Waals surface area contributed by atoms with Gasteiger partial charge < -0.3 is 0 Å². The SMILES string of the molecule is CCN(C)S(=O)(=O)N1CCSC(c2ccccc2)C1. The molecule has 0 aliphatic carbocycles. The molecule has 0 bridgehead atoms. The van der Waals surface area contributed by atoms with Gasteiger partial charge in [0.05, 0.1) is 0 Å². The smallest absolute Gasteiger partial charge is 0.195 e. The zero-order valence-corrected chi connectivity index (χ0v) is 13.0. The molecular formula is C13H20N2O2S2. The van der Waals surface area contributed by atoms with Crippen LogP contribution in [0.25, 0.3) is 0 Å². The Morgan fingerprint density at radius 2 is 2.05 bits per heavy atom. The molecule has 0 spiro atoms. The van der Waals surface area contributed by atoms with Crippen molar-refractivity contribution in [3.8, 4) is 0 Å². The fraction of sp³-hybridized carbons (Fsp3) is 0.538. The third-order valence-corrected chi connectivity index (χ3v) is 6.64.